The molecule has 0 amide bonds. The van der Waals surface area contributed by atoms with E-state index in [2.05, 4.69) is 63.8 Å². The Bertz CT molecular complexity index is 357. The van der Waals surface area contributed by atoms with Gasteiger partial charge in [-0.25, -0.2) is 0 Å². The van der Waals surface area contributed by atoms with Crippen LogP contribution in [0.2, 0.25) is 0 Å². The third kappa shape index (κ3) is 3.54. The topological polar surface area (TPSA) is 6.48 Å². The molecule has 2 rings (SSSR count). The Morgan fingerprint density at radius 2 is 1.76 bits per heavy atom. The molecular formula is C14H21BrN2. The summed E-state index contributed by atoms with van der Waals surface area (Å²) in [6.07, 6.45) is 0. The number of hydrogen-bond acceptors (Lipinski definition) is 2. The highest BCUT2D eigenvalue weighted by Gasteiger charge is 2.18. The number of rotatable bonds is 3. The highest BCUT2D eigenvalue weighted by Crippen LogP contribution is 2.18. The number of halogens is 1. The van der Waals surface area contributed by atoms with Crippen LogP contribution in [0.15, 0.2) is 28.7 Å². The normalized spacial score (nSPS) is 18.8. The van der Waals surface area contributed by atoms with E-state index < -0.39 is 0 Å². The van der Waals surface area contributed by atoms with Crippen LogP contribution in [0, 0.1) is 0 Å². The average molecular weight is 297 g/mol. The van der Waals surface area contributed by atoms with E-state index in [4.69, 9.17) is 0 Å². The Hall–Kier alpha value is -0.380. The van der Waals surface area contributed by atoms with Crippen molar-refractivity contribution in [1.29, 1.82) is 0 Å². The fourth-order valence-electron chi connectivity index (χ4n) is 2.31. The molecule has 1 fully saturated rings. The Morgan fingerprint density at radius 3 is 2.35 bits per heavy atom. The molecule has 1 aliphatic rings. The third-order valence-corrected chi connectivity index (χ3v) is 4.26. The molecule has 0 aliphatic carbocycles. The summed E-state index contributed by atoms with van der Waals surface area (Å²) in [6.45, 7) is 10.4. The van der Waals surface area contributed by atoms with Crippen LogP contribution in [-0.2, 0) is 6.54 Å². The van der Waals surface area contributed by atoms with Crippen molar-refractivity contribution in [3.63, 3.8) is 0 Å². The summed E-state index contributed by atoms with van der Waals surface area (Å²) in [5.74, 6) is 0. The Morgan fingerprint density at radius 1 is 1.12 bits per heavy atom. The first-order chi connectivity index (χ1) is 8.16. The average Bonchev–Trinajstić information content (AvgIpc) is 2.33. The van der Waals surface area contributed by atoms with Gasteiger partial charge in [0.05, 0.1) is 0 Å². The molecule has 17 heavy (non-hydrogen) atoms. The zero-order valence-corrected chi connectivity index (χ0v) is 12.3. The summed E-state index contributed by atoms with van der Waals surface area (Å²) in [5, 5.41) is 0. The lowest BCUT2D eigenvalue weighted by Crippen LogP contribution is -2.48. The molecule has 0 radical (unpaired) electrons. The van der Waals surface area contributed by atoms with Crippen LogP contribution in [0.1, 0.15) is 19.4 Å². The second kappa shape index (κ2) is 5.98. The van der Waals surface area contributed by atoms with E-state index >= 15 is 0 Å². The van der Waals surface area contributed by atoms with Crippen molar-refractivity contribution < 1.29 is 0 Å². The predicted octanol–water partition coefficient (Wildman–Crippen LogP) is 2.98. The quantitative estimate of drug-likeness (QED) is 0.846. The molecule has 0 saturated carbocycles. The molecule has 0 N–H and O–H groups in total. The maximum atomic E-state index is 3.62. The standard InChI is InChI=1S/C14H21BrN2/c1-12(2)17-9-7-16(8-10-17)11-13-5-3-4-6-14(13)15/h3-6,12H,7-11H2,1-2H3. The Kier molecular flexibility index (Phi) is 4.60. The third-order valence-electron chi connectivity index (χ3n) is 3.49. The van der Waals surface area contributed by atoms with Gasteiger partial charge in [0.1, 0.15) is 0 Å². The lowest BCUT2D eigenvalue weighted by Gasteiger charge is -2.37. The number of nitrogens with zero attached hydrogens (tertiary/aromatic N) is 2. The minimum atomic E-state index is 0.681. The Balaban J connectivity index is 1.88. The van der Waals surface area contributed by atoms with Crippen molar-refractivity contribution in [2.75, 3.05) is 26.2 Å². The molecule has 1 saturated heterocycles. The summed E-state index contributed by atoms with van der Waals surface area (Å²) >= 11 is 3.62. The van der Waals surface area contributed by atoms with Crippen molar-refractivity contribution in [2.45, 2.75) is 26.4 Å². The monoisotopic (exact) mass is 296 g/mol. The maximum Gasteiger partial charge on any atom is 0.0246 e. The van der Waals surface area contributed by atoms with Crippen LogP contribution in [0.3, 0.4) is 0 Å². The van der Waals surface area contributed by atoms with Crippen molar-refractivity contribution in [3.05, 3.63) is 34.3 Å². The van der Waals surface area contributed by atoms with Gasteiger partial charge >= 0.3 is 0 Å². The van der Waals surface area contributed by atoms with Gasteiger partial charge in [-0.2, -0.15) is 0 Å². The molecule has 0 unspecified atom stereocenters. The van der Waals surface area contributed by atoms with E-state index in [-0.39, 0.29) is 0 Å². The molecule has 0 aromatic heterocycles. The first-order valence-electron chi connectivity index (χ1n) is 6.36. The van der Waals surface area contributed by atoms with Crippen LogP contribution in [-0.4, -0.2) is 42.0 Å². The molecule has 1 heterocycles. The fraction of sp³-hybridized carbons (Fsp3) is 0.571. The molecule has 0 spiro atoms. The molecule has 1 aromatic carbocycles. The van der Waals surface area contributed by atoms with Gasteiger partial charge < -0.3 is 0 Å². The Labute approximate surface area is 113 Å². The van der Waals surface area contributed by atoms with Crippen LogP contribution < -0.4 is 0 Å². The van der Waals surface area contributed by atoms with Crippen LogP contribution in [0.4, 0.5) is 0 Å². The molecule has 3 heteroatoms. The van der Waals surface area contributed by atoms with Crippen molar-refractivity contribution >= 4 is 15.9 Å². The summed E-state index contributed by atoms with van der Waals surface area (Å²) in [7, 11) is 0. The highest BCUT2D eigenvalue weighted by molar-refractivity contribution is 9.10. The first kappa shape index (κ1) is 13.1. The second-order valence-corrected chi connectivity index (χ2v) is 5.85. The first-order valence-corrected chi connectivity index (χ1v) is 7.16. The number of piperazine rings is 1. The summed E-state index contributed by atoms with van der Waals surface area (Å²) in [4.78, 5) is 5.09. The van der Waals surface area contributed by atoms with Crippen molar-refractivity contribution in [2.24, 2.45) is 0 Å². The molecule has 0 bridgehead atoms. The molecule has 94 valence electrons. The number of benzene rings is 1. The van der Waals surface area contributed by atoms with Gasteiger partial charge in [0.25, 0.3) is 0 Å². The van der Waals surface area contributed by atoms with Crippen LogP contribution in [0.5, 0.6) is 0 Å². The minimum Gasteiger partial charge on any atom is -0.298 e. The van der Waals surface area contributed by atoms with Gasteiger partial charge in [-0.05, 0) is 25.5 Å². The maximum absolute atomic E-state index is 3.62. The number of hydrogen-bond donors (Lipinski definition) is 0. The van der Waals surface area contributed by atoms with Gasteiger partial charge in [-0.15, -0.1) is 0 Å². The van der Waals surface area contributed by atoms with E-state index in [9.17, 15) is 0 Å². The van der Waals surface area contributed by atoms with E-state index in [0.717, 1.165) is 6.54 Å². The highest BCUT2D eigenvalue weighted by atomic mass is 79.9. The summed E-state index contributed by atoms with van der Waals surface area (Å²) in [6, 6.07) is 9.20. The second-order valence-electron chi connectivity index (χ2n) is 5.00. The molecule has 0 atom stereocenters. The van der Waals surface area contributed by atoms with Gasteiger partial charge in [0, 0.05) is 43.2 Å². The smallest absolute Gasteiger partial charge is 0.0246 e. The molecule has 1 aliphatic heterocycles. The van der Waals surface area contributed by atoms with Gasteiger partial charge in [0.2, 0.25) is 0 Å². The SMILES string of the molecule is CC(C)N1CCN(Cc2ccccc2Br)CC1. The summed E-state index contributed by atoms with van der Waals surface area (Å²) < 4.78 is 1.23. The molecule has 2 nitrogen and oxygen atoms in total. The zero-order chi connectivity index (χ0) is 12.3. The van der Waals surface area contributed by atoms with E-state index in [1.54, 1.807) is 0 Å². The van der Waals surface area contributed by atoms with E-state index in [1.807, 2.05) is 0 Å². The fourth-order valence-corrected chi connectivity index (χ4v) is 2.72. The van der Waals surface area contributed by atoms with Crippen molar-refractivity contribution in [3.8, 4) is 0 Å². The van der Waals surface area contributed by atoms with Crippen molar-refractivity contribution in [1.82, 2.24) is 9.80 Å². The molecular weight excluding hydrogens is 276 g/mol. The van der Waals surface area contributed by atoms with Gasteiger partial charge in [0.15, 0.2) is 0 Å². The lowest BCUT2D eigenvalue weighted by atomic mass is 10.2. The lowest BCUT2D eigenvalue weighted by molar-refractivity contribution is 0.104. The minimum absolute atomic E-state index is 0.681. The van der Waals surface area contributed by atoms with E-state index in [0.29, 0.717) is 6.04 Å². The van der Waals surface area contributed by atoms with Gasteiger partial charge in [-0.3, -0.25) is 9.80 Å². The van der Waals surface area contributed by atoms with Gasteiger partial charge in [-0.1, -0.05) is 34.1 Å². The molecule has 1 aromatic rings. The van der Waals surface area contributed by atoms with E-state index in [1.165, 1.54) is 36.2 Å². The van der Waals surface area contributed by atoms with Crippen LogP contribution in [0.25, 0.3) is 0 Å². The predicted molar refractivity (Wildman–Crippen MR) is 76.1 cm³/mol. The van der Waals surface area contributed by atoms with Crippen LogP contribution >= 0.6 is 15.9 Å². The summed E-state index contributed by atoms with van der Waals surface area (Å²) in [5.41, 5.74) is 1.39. The largest absolute Gasteiger partial charge is 0.298 e. The zero-order valence-electron chi connectivity index (χ0n) is 10.7.